The molecule has 0 fully saturated rings. The van der Waals surface area contributed by atoms with Crippen LogP contribution < -0.4 is 0 Å². The van der Waals surface area contributed by atoms with Crippen molar-refractivity contribution in [2.75, 3.05) is 0 Å². The van der Waals surface area contributed by atoms with E-state index < -0.39 is 6.10 Å². The van der Waals surface area contributed by atoms with Crippen molar-refractivity contribution in [1.29, 1.82) is 0 Å². The summed E-state index contributed by atoms with van der Waals surface area (Å²) in [7, 11) is 1.89. The van der Waals surface area contributed by atoms with Gasteiger partial charge >= 0.3 is 0 Å². The van der Waals surface area contributed by atoms with Crippen LogP contribution >= 0.6 is 0 Å². The van der Waals surface area contributed by atoms with Gasteiger partial charge in [-0.2, -0.15) is 0 Å². The molecule has 1 aromatic rings. The molecule has 0 amide bonds. The number of imidazole rings is 1. The van der Waals surface area contributed by atoms with Crippen LogP contribution in [0.4, 0.5) is 0 Å². The largest absolute Gasteiger partial charge is 0.387 e. The van der Waals surface area contributed by atoms with E-state index in [-0.39, 0.29) is 0 Å². The molecule has 0 spiro atoms. The number of aliphatic hydroxyl groups is 1. The summed E-state index contributed by atoms with van der Waals surface area (Å²) in [6.07, 6.45) is 3.83. The Bertz CT molecular complexity index is 207. The van der Waals surface area contributed by atoms with E-state index in [1.165, 1.54) is 0 Å². The van der Waals surface area contributed by atoms with Crippen molar-refractivity contribution >= 4 is 0 Å². The van der Waals surface area contributed by atoms with Crippen LogP contribution in [-0.4, -0.2) is 14.7 Å². The zero-order valence-electron chi connectivity index (χ0n) is 6.28. The SMILES string of the molecule is CC[C@@H](O)c1cn(C)cn1. The zero-order valence-corrected chi connectivity index (χ0v) is 6.28. The normalized spacial score (nSPS) is 13.5. The Labute approximate surface area is 60.3 Å². The summed E-state index contributed by atoms with van der Waals surface area (Å²) in [6.45, 7) is 1.93. The maximum Gasteiger partial charge on any atom is 0.0972 e. The Hall–Kier alpha value is -0.830. The first-order valence-corrected chi connectivity index (χ1v) is 3.40. The van der Waals surface area contributed by atoms with Gasteiger partial charge in [-0.25, -0.2) is 4.98 Å². The minimum absolute atomic E-state index is 0.402. The van der Waals surface area contributed by atoms with Crippen molar-refractivity contribution in [1.82, 2.24) is 9.55 Å². The summed E-state index contributed by atoms with van der Waals surface area (Å²) in [4.78, 5) is 4.00. The lowest BCUT2D eigenvalue weighted by Gasteiger charge is -2.00. The van der Waals surface area contributed by atoms with Gasteiger partial charge in [-0.3, -0.25) is 0 Å². The second-order valence-electron chi connectivity index (χ2n) is 2.39. The minimum Gasteiger partial charge on any atom is -0.387 e. The van der Waals surface area contributed by atoms with Crippen LogP contribution in [0.5, 0.6) is 0 Å². The number of nitrogens with zero attached hydrogens (tertiary/aromatic N) is 2. The smallest absolute Gasteiger partial charge is 0.0972 e. The highest BCUT2D eigenvalue weighted by Crippen LogP contribution is 2.11. The van der Waals surface area contributed by atoms with Gasteiger partial charge in [0.25, 0.3) is 0 Å². The molecule has 1 N–H and O–H groups in total. The Morgan fingerprint density at radius 3 is 2.90 bits per heavy atom. The Kier molecular flexibility index (Phi) is 2.06. The molecular formula is C7H12N2O. The monoisotopic (exact) mass is 140 g/mol. The third kappa shape index (κ3) is 1.36. The van der Waals surface area contributed by atoms with Crippen LogP contribution in [-0.2, 0) is 7.05 Å². The van der Waals surface area contributed by atoms with Crippen molar-refractivity contribution in [3.8, 4) is 0 Å². The molecule has 0 aromatic carbocycles. The predicted molar refractivity (Wildman–Crippen MR) is 38.5 cm³/mol. The fourth-order valence-corrected chi connectivity index (χ4v) is 0.814. The van der Waals surface area contributed by atoms with E-state index in [1.54, 1.807) is 6.33 Å². The average Bonchev–Trinajstić information content (AvgIpc) is 2.34. The highest BCUT2D eigenvalue weighted by molar-refractivity contribution is 4.99. The van der Waals surface area contributed by atoms with Crippen LogP contribution in [0.25, 0.3) is 0 Å². The van der Waals surface area contributed by atoms with Crippen LogP contribution in [0.1, 0.15) is 25.1 Å². The highest BCUT2D eigenvalue weighted by Gasteiger charge is 2.05. The fraction of sp³-hybridized carbons (Fsp3) is 0.571. The van der Waals surface area contributed by atoms with Crippen LogP contribution in [0.3, 0.4) is 0 Å². The molecule has 0 radical (unpaired) electrons. The molecule has 0 bridgehead atoms. The van der Waals surface area contributed by atoms with E-state index in [4.69, 9.17) is 0 Å². The molecule has 0 aliphatic rings. The zero-order chi connectivity index (χ0) is 7.56. The fourth-order valence-electron chi connectivity index (χ4n) is 0.814. The van der Waals surface area contributed by atoms with Crippen molar-refractivity contribution in [2.45, 2.75) is 19.4 Å². The Balaban J connectivity index is 2.74. The molecule has 0 aliphatic heterocycles. The molecule has 56 valence electrons. The quantitative estimate of drug-likeness (QED) is 0.661. The van der Waals surface area contributed by atoms with Gasteiger partial charge in [-0.05, 0) is 6.42 Å². The predicted octanol–water partition coefficient (Wildman–Crippen LogP) is 0.863. The van der Waals surface area contributed by atoms with Crippen molar-refractivity contribution in [3.63, 3.8) is 0 Å². The van der Waals surface area contributed by atoms with Gasteiger partial charge < -0.3 is 9.67 Å². The van der Waals surface area contributed by atoms with E-state index in [0.717, 1.165) is 12.1 Å². The van der Waals surface area contributed by atoms with Crippen molar-refractivity contribution < 1.29 is 5.11 Å². The standard InChI is InChI=1S/C7H12N2O/c1-3-7(10)6-4-9(2)5-8-6/h4-5,7,10H,3H2,1-2H3/t7-/m1/s1. The van der Waals surface area contributed by atoms with E-state index in [2.05, 4.69) is 4.98 Å². The summed E-state index contributed by atoms with van der Waals surface area (Å²) in [5.74, 6) is 0. The van der Waals surface area contributed by atoms with Gasteiger partial charge in [0.15, 0.2) is 0 Å². The van der Waals surface area contributed by atoms with Gasteiger partial charge in [-0.15, -0.1) is 0 Å². The van der Waals surface area contributed by atoms with Crippen molar-refractivity contribution in [2.24, 2.45) is 7.05 Å². The summed E-state index contributed by atoms with van der Waals surface area (Å²) in [5, 5.41) is 9.27. The van der Waals surface area contributed by atoms with Crippen LogP contribution in [0, 0.1) is 0 Å². The summed E-state index contributed by atoms with van der Waals surface area (Å²) >= 11 is 0. The molecule has 0 unspecified atom stereocenters. The number of aliphatic hydroxyl groups excluding tert-OH is 1. The number of hydrogen-bond acceptors (Lipinski definition) is 2. The second-order valence-corrected chi connectivity index (χ2v) is 2.39. The lowest BCUT2D eigenvalue weighted by molar-refractivity contribution is 0.169. The first-order valence-electron chi connectivity index (χ1n) is 3.40. The second kappa shape index (κ2) is 2.84. The average molecular weight is 140 g/mol. The lowest BCUT2D eigenvalue weighted by atomic mass is 10.2. The molecular weight excluding hydrogens is 128 g/mol. The number of hydrogen-bond donors (Lipinski definition) is 1. The molecule has 1 heterocycles. The van der Waals surface area contributed by atoms with Crippen molar-refractivity contribution in [3.05, 3.63) is 18.2 Å². The number of aromatic nitrogens is 2. The molecule has 0 saturated heterocycles. The van der Waals surface area contributed by atoms with E-state index in [9.17, 15) is 5.11 Å². The molecule has 1 rings (SSSR count). The summed E-state index contributed by atoms with van der Waals surface area (Å²) in [6, 6.07) is 0. The number of aryl methyl sites for hydroxylation is 1. The first-order chi connectivity index (χ1) is 4.74. The maximum atomic E-state index is 9.27. The third-order valence-corrected chi connectivity index (χ3v) is 1.45. The third-order valence-electron chi connectivity index (χ3n) is 1.45. The van der Waals surface area contributed by atoms with Gasteiger partial charge in [0.05, 0.1) is 18.1 Å². The van der Waals surface area contributed by atoms with E-state index in [0.29, 0.717) is 0 Å². The number of rotatable bonds is 2. The molecule has 0 saturated carbocycles. The lowest BCUT2D eigenvalue weighted by Crippen LogP contribution is -1.94. The van der Waals surface area contributed by atoms with E-state index >= 15 is 0 Å². The molecule has 0 aliphatic carbocycles. The Morgan fingerprint density at radius 1 is 1.80 bits per heavy atom. The van der Waals surface area contributed by atoms with Crippen LogP contribution in [0.2, 0.25) is 0 Å². The molecule has 10 heavy (non-hydrogen) atoms. The highest BCUT2D eigenvalue weighted by atomic mass is 16.3. The first kappa shape index (κ1) is 7.28. The molecule has 1 aromatic heterocycles. The van der Waals surface area contributed by atoms with Gasteiger partial charge in [0.1, 0.15) is 0 Å². The van der Waals surface area contributed by atoms with Gasteiger partial charge in [-0.1, -0.05) is 6.92 Å². The molecule has 3 heteroatoms. The summed E-state index contributed by atoms with van der Waals surface area (Å²) < 4.78 is 1.83. The Morgan fingerprint density at radius 2 is 2.50 bits per heavy atom. The summed E-state index contributed by atoms with van der Waals surface area (Å²) in [5.41, 5.74) is 0.755. The van der Waals surface area contributed by atoms with Gasteiger partial charge in [0.2, 0.25) is 0 Å². The van der Waals surface area contributed by atoms with Gasteiger partial charge in [0, 0.05) is 13.2 Å². The molecule has 1 atom stereocenters. The topological polar surface area (TPSA) is 38.0 Å². The maximum absolute atomic E-state index is 9.27. The van der Waals surface area contributed by atoms with E-state index in [1.807, 2.05) is 24.7 Å². The minimum atomic E-state index is -0.402. The van der Waals surface area contributed by atoms with Crippen LogP contribution in [0.15, 0.2) is 12.5 Å². The molecule has 3 nitrogen and oxygen atoms in total.